The fourth-order valence-electron chi connectivity index (χ4n) is 2.25. The number of aryl methyl sites for hydroxylation is 2. The summed E-state index contributed by atoms with van der Waals surface area (Å²) in [5, 5.41) is 7.09. The van der Waals surface area contributed by atoms with E-state index in [2.05, 4.69) is 32.3 Å². The van der Waals surface area contributed by atoms with Gasteiger partial charge in [0.25, 0.3) is 0 Å². The van der Waals surface area contributed by atoms with Crippen LogP contribution in [0.5, 0.6) is 5.75 Å². The lowest BCUT2D eigenvalue weighted by atomic mass is 10.3. The average molecular weight is 345 g/mol. The maximum absolute atomic E-state index is 5.74. The lowest BCUT2D eigenvalue weighted by Crippen LogP contribution is -2.41. The minimum Gasteiger partial charge on any atom is -0.492 e. The molecule has 0 saturated carbocycles. The van der Waals surface area contributed by atoms with Crippen LogP contribution in [0, 0.1) is 6.92 Å². The zero-order chi connectivity index (χ0) is 17.9. The minimum atomic E-state index is 0.603. The van der Waals surface area contributed by atoms with Gasteiger partial charge in [-0.25, -0.2) is 0 Å². The van der Waals surface area contributed by atoms with Gasteiger partial charge in [-0.2, -0.15) is 4.98 Å². The van der Waals surface area contributed by atoms with E-state index in [0.717, 1.165) is 37.6 Å². The molecule has 0 unspecified atom stereocenters. The molecular formula is C18H27N5O2. The van der Waals surface area contributed by atoms with Crippen LogP contribution in [0.4, 0.5) is 0 Å². The average Bonchev–Trinajstić information content (AvgIpc) is 3.03. The number of ether oxygens (including phenoxy) is 1. The largest absolute Gasteiger partial charge is 0.492 e. The van der Waals surface area contributed by atoms with Gasteiger partial charge in [-0.3, -0.25) is 4.99 Å². The Labute approximate surface area is 149 Å². The van der Waals surface area contributed by atoms with Crippen LogP contribution in [0.2, 0.25) is 0 Å². The zero-order valence-corrected chi connectivity index (χ0v) is 15.2. The van der Waals surface area contributed by atoms with Crippen molar-refractivity contribution < 1.29 is 9.26 Å². The van der Waals surface area contributed by atoms with Gasteiger partial charge in [-0.15, -0.1) is 0 Å². The molecule has 0 saturated heterocycles. The first-order valence-corrected chi connectivity index (χ1v) is 8.65. The van der Waals surface area contributed by atoms with Gasteiger partial charge in [0.2, 0.25) is 5.89 Å². The molecule has 1 N–H and O–H groups in total. The van der Waals surface area contributed by atoms with Crippen molar-refractivity contribution in [3.63, 3.8) is 0 Å². The fourth-order valence-corrected chi connectivity index (χ4v) is 2.25. The molecule has 0 fully saturated rings. The van der Waals surface area contributed by atoms with Gasteiger partial charge in [0, 0.05) is 26.6 Å². The first-order chi connectivity index (χ1) is 12.2. The molecule has 7 nitrogen and oxygen atoms in total. The number of hydrogen-bond acceptors (Lipinski definition) is 5. The monoisotopic (exact) mass is 345 g/mol. The van der Waals surface area contributed by atoms with Crippen LogP contribution in [-0.2, 0) is 6.42 Å². The predicted molar refractivity (Wildman–Crippen MR) is 97.9 cm³/mol. The fraction of sp³-hybridized carbons (Fsp3) is 0.500. The van der Waals surface area contributed by atoms with E-state index in [4.69, 9.17) is 9.26 Å². The minimum absolute atomic E-state index is 0.603. The Morgan fingerprint density at radius 2 is 2.12 bits per heavy atom. The van der Waals surface area contributed by atoms with Crippen molar-refractivity contribution in [3.8, 4) is 5.75 Å². The smallest absolute Gasteiger partial charge is 0.226 e. The topological polar surface area (TPSA) is 75.8 Å². The Morgan fingerprint density at radius 1 is 1.32 bits per heavy atom. The van der Waals surface area contributed by atoms with Crippen LogP contribution in [0.25, 0.3) is 0 Å². The van der Waals surface area contributed by atoms with Gasteiger partial charge < -0.3 is 19.5 Å². The highest BCUT2D eigenvalue weighted by Gasteiger charge is 2.06. The highest BCUT2D eigenvalue weighted by molar-refractivity contribution is 5.79. The van der Waals surface area contributed by atoms with Crippen molar-refractivity contribution in [1.82, 2.24) is 20.4 Å². The molecule has 0 radical (unpaired) electrons. The zero-order valence-electron chi connectivity index (χ0n) is 15.2. The Bertz CT molecular complexity index is 642. The third-order valence-electron chi connectivity index (χ3n) is 3.52. The van der Waals surface area contributed by atoms with Crippen molar-refractivity contribution in [1.29, 1.82) is 0 Å². The third-order valence-corrected chi connectivity index (χ3v) is 3.52. The Kier molecular flexibility index (Phi) is 7.75. The summed E-state index contributed by atoms with van der Waals surface area (Å²) in [6.07, 6.45) is 1.61. The number of rotatable bonds is 9. The molecule has 7 heteroatoms. The Morgan fingerprint density at radius 3 is 2.80 bits per heavy atom. The second-order valence-corrected chi connectivity index (χ2v) is 5.66. The van der Waals surface area contributed by atoms with Gasteiger partial charge in [0.05, 0.1) is 6.54 Å². The number of aliphatic imine (C=N–C) groups is 1. The summed E-state index contributed by atoms with van der Waals surface area (Å²) in [6.45, 7) is 6.76. The summed E-state index contributed by atoms with van der Waals surface area (Å²) in [6, 6.07) is 9.83. The second kappa shape index (κ2) is 10.3. The highest BCUT2D eigenvalue weighted by atomic mass is 16.5. The summed E-state index contributed by atoms with van der Waals surface area (Å²) in [4.78, 5) is 10.9. The number of hydrogen-bond donors (Lipinski definition) is 1. The molecular weight excluding hydrogens is 318 g/mol. The molecule has 0 spiro atoms. The number of para-hydroxylation sites is 1. The Balaban J connectivity index is 1.74. The third kappa shape index (κ3) is 6.82. The van der Waals surface area contributed by atoms with E-state index >= 15 is 0 Å². The maximum Gasteiger partial charge on any atom is 0.226 e. The van der Waals surface area contributed by atoms with Gasteiger partial charge in [0.15, 0.2) is 11.8 Å². The molecule has 25 heavy (non-hydrogen) atoms. The molecule has 136 valence electrons. The quantitative estimate of drug-likeness (QED) is 0.427. The normalized spacial score (nSPS) is 11.4. The van der Waals surface area contributed by atoms with Crippen LogP contribution < -0.4 is 10.1 Å². The highest BCUT2D eigenvalue weighted by Crippen LogP contribution is 2.07. The van der Waals surface area contributed by atoms with Crippen LogP contribution in [0.3, 0.4) is 0 Å². The summed E-state index contributed by atoms with van der Waals surface area (Å²) in [5.41, 5.74) is 0. The van der Waals surface area contributed by atoms with Crippen LogP contribution in [-0.4, -0.2) is 54.3 Å². The number of guanidine groups is 1. The molecule has 0 atom stereocenters. The standard InChI is InChI=1S/C18H27N5O2/c1-4-19-18(20-12-8-11-17-21-15(2)22-25-17)23(3)13-14-24-16-9-6-5-7-10-16/h5-7,9-10H,4,8,11-14H2,1-3H3,(H,19,20). The van der Waals surface area contributed by atoms with Crippen LogP contribution in [0.15, 0.2) is 39.8 Å². The molecule has 1 heterocycles. The number of likely N-dealkylation sites (N-methyl/N-ethyl adjacent to an activating group) is 1. The SMILES string of the molecule is CCNC(=NCCCc1nc(C)no1)N(C)CCOc1ccccc1. The number of nitrogens with zero attached hydrogens (tertiary/aromatic N) is 4. The summed E-state index contributed by atoms with van der Waals surface area (Å²) >= 11 is 0. The first kappa shape index (κ1) is 18.8. The van der Waals surface area contributed by atoms with Crippen molar-refractivity contribution in [2.75, 3.05) is 33.3 Å². The van der Waals surface area contributed by atoms with Gasteiger partial charge >= 0.3 is 0 Å². The summed E-state index contributed by atoms with van der Waals surface area (Å²) < 4.78 is 10.8. The summed E-state index contributed by atoms with van der Waals surface area (Å²) in [5.74, 6) is 3.10. The van der Waals surface area contributed by atoms with E-state index in [1.165, 1.54) is 0 Å². The molecule has 0 aliphatic rings. The van der Waals surface area contributed by atoms with E-state index in [-0.39, 0.29) is 0 Å². The van der Waals surface area contributed by atoms with Gasteiger partial charge in [-0.05, 0) is 32.4 Å². The van der Waals surface area contributed by atoms with Gasteiger partial charge in [-0.1, -0.05) is 23.4 Å². The molecule has 0 amide bonds. The summed E-state index contributed by atoms with van der Waals surface area (Å²) in [7, 11) is 2.01. The molecule has 1 aromatic carbocycles. The van der Waals surface area contributed by atoms with E-state index in [1.54, 1.807) is 0 Å². The van der Waals surface area contributed by atoms with E-state index < -0.39 is 0 Å². The van der Waals surface area contributed by atoms with Crippen molar-refractivity contribution >= 4 is 5.96 Å². The lowest BCUT2D eigenvalue weighted by molar-refractivity contribution is 0.281. The molecule has 2 aromatic rings. The first-order valence-electron chi connectivity index (χ1n) is 8.65. The second-order valence-electron chi connectivity index (χ2n) is 5.66. The van der Waals surface area contributed by atoms with Crippen LogP contribution >= 0.6 is 0 Å². The van der Waals surface area contributed by atoms with Crippen molar-refractivity contribution in [3.05, 3.63) is 42.0 Å². The molecule has 1 aromatic heterocycles. The number of nitrogens with one attached hydrogen (secondary N) is 1. The number of aromatic nitrogens is 2. The van der Waals surface area contributed by atoms with E-state index in [1.807, 2.05) is 44.3 Å². The van der Waals surface area contributed by atoms with Crippen molar-refractivity contribution in [2.45, 2.75) is 26.7 Å². The number of benzene rings is 1. The molecule has 0 bridgehead atoms. The van der Waals surface area contributed by atoms with Crippen LogP contribution in [0.1, 0.15) is 25.1 Å². The molecule has 0 aliphatic heterocycles. The predicted octanol–water partition coefficient (Wildman–Crippen LogP) is 2.29. The maximum atomic E-state index is 5.74. The molecule has 2 rings (SSSR count). The van der Waals surface area contributed by atoms with Gasteiger partial charge in [0.1, 0.15) is 12.4 Å². The van der Waals surface area contributed by atoms with E-state index in [9.17, 15) is 0 Å². The Hall–Kier alpha value is -2.57. The lowest BCUT2D eigenvalue weighted by Gasteiger charge is -2.22. The van der Waals surface area contributed by atoms with E-state index in [0.29, 0.717) is 24.9 Å². The molecule has 0 aliphatic carbocycles. The van der Waals surface area contributed by atoms with Crippen molar-refractivity contribution in [2.24, 2.45) is 4.99 Å².